The Morgan fingerprint density at radius 1 is 0.920 bits per heavy atom. The van der Waals surface area contributed by atoms with E-state index >= 15 is 0 Å². The highest BCUT2D eigenvalue weighted by Gasteiger charge is 2.14. The van der Waals surface area contributed by atoms with E-state index in [0.717, 1.165) is 49.2 Å². The zero-order valence-corrected chi connectivity index (χ0v) is 14.4. The largest absolute Gasteiger partial charge is 0.430 e. The van der Waals surface area contributed by atoms with E-state index in [-0.39, 0.29) is 5.63 Å². The minimum absolute atomic E-state index is 0.286. The summed E-state index contributed by atoms with van der Waals surface area (Å²) >= 11 is 0. The molecule has 1 saturated heterocycles. The fraction of sp³-hybridized carbons (Fsp3) is 0.286. The molecule has 1 aromatic heterocycles. The van der Waals surface area contributed by atoms with Crippen LogP contribution in [0.3, 0.4) is 0 Å². The van der Waals surface area contributed by atoms with Gasteiger partial charge in [0.15, 0.2) is 0 Å². The molecule has 0 bridgehead atoms. The van der Waals surface area contributed by atoms with Crippen molar-refractivity contribution in [3.05, 3.63) is 70.8 Å². The van der Waals surface area contributed by atoms with Crippen molar-refractivity contribution in [1.82, 2.24) is 9.80 Å². The third-order valence-corrected chi connectivity index (χ3v) is 4.99. The Bertz CT molecular complexity index is 923. The quantitative estimate of drug-likeness (QED) is 0.737. The molecule has 4 heteroatoms. The molecule has 1 aliphatic heterocycles. The summed E-state index contributed by atoms with van der Waals surface area (Å²) in [6.07, 6.45) is 1.57. The second kappa shape index (κ2) is 6.82. The van der Waals surface area contributed by atoms with Gasteiger partial charge in [0.05, 0.1) is 5.39 Å². The van der Waals surface area contributed by atoms with E-state index in [1.807, 2.05) is 24.3 Å². The number of benzene rings is 2. The molecule has 0 spiro atoms. The van der Waals surface area contributed by atoms with Gasteiger partial charge in [-0.2, -0.15) is 0 Å². The predicted octanol–water partition coefficient (Wildman–Crippen LogP) is 3.21. The Morgan fingerprint density at radius 2 is 1.60 bits per heavy atom. The van der Waals surface area contributed by atoms with E-state index in [2.05, 4.69) is 41.1 Å². The van der Waals surface area contributed by atoms with Crippen molar-refractivity contribution < 1.29 is 4.42 Å². The Balaban J connectivity index is 1.59. The second-order valence-electron chi connectivity index (χ2n) is 6.76. The minimum Gasteiger partial charge on any atom is -0.430 e. The van der Waals surface area contributed by atoms with Crippen LogP contribution in [0.15, 0.2) is 64.0 Å². The van der Waals surface area contributed by atoms with Crippen LogP contribution in [0.1, 0.15) is 5.56 Å². The molecular formula is C21H22N2O2. The third kappa shape index (κ3) is 3.36. The van der Waals surface area contributed by atoms with E-state index < -0.39 is 0 Å². The molecule has 1 fully saturated rings. The van der Waals surface area contributed by atoms with Gasteiger partial charge in [-0.3, -0.25) is 4.90 Å². The Morgan fingerprint density at radius 3 is 2.32 bits per heavy atom. The molecule has 2 aromatic carbocycles. The van der Waals surface area contributed by atoms with Crippen LogP contribution in [-0.4, -0.2) is 43.0 Å². The SMILES string of the molecule is CN1CCN(Cc2ccc(-c3coc(=O)c4ccccc34)cc2)CC1. The average Bonchev–Trinajstić information content (AvgIpc) is 2.65. The summed E-state index contributed by atoms with van der Waals surface area (Å²) in [5.41, 5.74) is 3.06. The molecule has 0 amide bonds. The van der Waals surface area contributed by atoms with Gasteiger partial charge in [-0.25, -0.2) is 4.79 Å². The van der Waals surface area contributed by atoms with Gasteiger partial charge in [-0.05, 0) is 29.6 Å². The number of nitrogens with zero attached hydrogens (tertiary/aromatic N) is 2. The highest BCUT2D eigenvalue weighted by Crippen LogP contribution is 2.27. The number of fused-ring (bicyclic) bond motifs is 1. The smallest absolute Gasteiger partial charge is 0.343 e. The fourth-order valence-electron chi connectivity index (χ4n) is 3.41. The molecule has 0 saturated carbocycles. The van der Waals surface area contributed by atoms with E-state index in [1.54, 1.807) is 6.26 Å². The number of hydrogen-bond acceptors (Lipinski definition) is 4. The van der Waals surface area contributed by atoms with Gasteiger partial charge in [-0.1, -0.05) is 42.5 Å². The summed E-state index contributed by atoms with van der Waals surface area (Å²) in [4.78, 5) is 16.7. The highest BCUT2D eigenvalue weighted by atomic mass is 16.4. The van der Waals surface area contributed by atoms with Gasteiger partial charge < -0.3 is 9.32 Å². The van der Waals surface area contributed by atoms with Crippen LogP contribution in [-0.2, 0) is 6.54 Å². The summed E-state index contributed by atoms with van der Waals surface area (Å²) in [6, 6.07) is 16.2. The monoisotopic (exact) mass is 334 g/mol. The standard InChI is InChI=1S/C21H22N2O2/c1-22-10-12-23(13-11-22)14-16-6-8-17(9-7-16)20-15-25-21(24)19-5-3-2-4-18(19)20/h2-9,15H,10-14H2,1H3. The lowest BCUT2D eigenvalue weighted by molar-refractivity contribution is 0.148. The van der Waals surface area contributed by atoms with Crippen LogP contribution >= 0.6 is 0 Å². The molecule has 4 rings (SSSR count). The zero-order chi connectivity index (χ0) is 17.2. The van der Waals surface area contributed by atoms with Gasteiger partial charge in [0.25, 0.3) is 0 Å². The first kappa shape index (κ1) is 16.1. The first-order chi connectivity index (χ1) is 12.2. The second-order valence-corrected chi connectivity index (χ2v) is 6.76. The van der Waals surface area contributed by atoms with Crippen LogP contribution in [0.2, 0.25) is 0 Å². The van der Waals surface area contributed by atoms with Crippen molar-refractivity contribution in [3.63, 3.8) is 0 Å². The van der Waals surface area contributed by atoms with Gasteiger partial charge in [0.2, 0.25) is 0 Å². The van der Waals surface area contributed by atoms with E-state index in [0.29, 0.717) is 5.39 Å². The molecule has 4 nitrogen and oxygen atoms in total. The summed E-state index contributed by atoms with van der Waals surface area (Å²) < 4.78 is 5.22. The van der Waals surface area contributed by atoms with Crippen molar-refractivity contribution in [2.75, 3.05) is 33.2 Å². The normalized spacial score (nSPS) is 16.4. The molecule has 1 aliphatic rings. The summed E-state index contributed by atoms with van der Waals surface area (Å²) in [7, 11) is 2.18. The number of likely N-dealkylation sites (N-methyl/N-ethyl adjacent to an activating group) is 1. The highest BCUT2D eigenvalue weighted by molar-refractivity contribution is 5.95. The molecule has 0 aliphatic carbocycles. The van der Waals surface area contributed by atoms with Crippen molar-refractivity contribution in [3.8, 4) is 11.1 Å². The Kier molecular flexibility index (Phi) is 4.38. The van der Waals surface area contributed by atoms with Crippen LogP contribution < -0.4 is 5.63 Å². The molecule has 0 radical (unpaired) electrons. The summed E-state index contributed by atoms with van der Waals surface area (Å²) in [5.74, 6) is 0. The molecule has 0 N–H and O–H groups in total. The third-order valence-electron chi connectivity index (χ3n) is 4.99. The zero-order valence-electron chi connectivity index (χ0n) is 14.4. The molecule has 2 heterocycles. The van der Waals surface area contributed by atoms with E-state index in [9.17, 15) is 4.79 Å². The van der Waals surface area contributed by atoms with Gasteiger partial charge >= 0.3 is 5.63 Å². The Hall–Kier alpha value is -2.43. The van der Waals surface area contributed by atoms with Crippen LogP contribution in [0.25, 0.3) is 21.9 Å². The minimum atomic E-state index is -0.286. The molecule has 0 atom stereocenters. The van der Waals surface area contributed by atoms with Gasteiger partial charge in [0, 0.05) is 38.3 Å². The van der Waals surface area contributed by atoms with Crippen molar-refractivity contribution in [2.24, 2.45) is 0 Å². The maximum absolute atomic E-state index is 11.9. The first-order valence-corrected chi connectivity index (χ1v) is 8.71. The summed E-state index contributed by atoms with van der Waals surface area (Å²) in [5, 5.41) is 1.56. The van der Waals surface area contributed by atoms with Crippen LogP contribution in [0.5, 0.6) is 0 Å². The lowest BCUT2D eigenvalue weighted by Crippen LogP contribution is -2.43. The summed E-state index contributed by atoms with van der Waals surface area (Å²) in [6.45, 7) is 5.48. The average molecular weight is 334 g/mol. The van der Waals surface area contributed by atoms with Crippen molar-refractivity contribution in [2.45, 2.75) is 6.54 Å². The molecule has 0 unspecified atom stereocenters. The number of rotatable bonds is 3. The maximum atomic E-state index is 11.9. The predicted molar refractivity (Wildman–Crippen MR) is 101 cm³/mol. The number of piperazine rings is 1. The van der Waals surface area contributed by atoms with Crippen LogP contribution in [0.4, 0.5) is 0 Å². The maximum Gasteiger partial charge on any atom is 0.343 e. The lowest BCUT2D eigenvalue weighted by Gasteiger charge is -2.32. The Labute approximate surface area is 147 Å². The molecule has 128 valence electrons. The van der Waals surface area contributed by atoms with Crippen molar-refractivity contribution >= 4 is 10.8 Å². The molecule has 3 aromatic rings. The topological polar surface area (TPSA) is 36.7 Å². The molecular weight excluding hydrogens is 312 g/mol. The number of hydrogen-bond donors (Lipinski definition) is 0. The van der Waals surface area contributed by atoms with Crippen LogP contribution in [0, 0.1) is 0 Å². The van der Waals surface area contributed by atoms with E-state index in [1.165, 1.54) is 5.56 Å². The van der Waals surface area contributed by atoms with Gasteiger partial charge in [0.1, 0.15) is 6.26 Å². The van der Waals surface area contributed by atoms with E-state index in [4.69, 9.17) is 4.42 Å². The van der Waals surface area contributed by atoms with Crippen molar-refractivity contribution in [1.29, 1.82) is 0 Å². The lowest BCUT2D eigenvalue weighted by atomic mass is 10.0. The van der Waals surface area contributed by atoms with Gasteiger partial charge in [-0.15, -0.1) is 0 Å². The first-order valence-electron chi connectivity index (χ1n) is 8.71. The molecule has 25 heavy (non-hydrogen) atoms. The fourth-order valence-corrected chi connectivity index (χ4v) is 3.41.